The molecule has 0 saturated carbocycles. The van der Waals surface area contributed by atoms with Crippen molar-refractivity contribution in [1.29, 1.82) is 0 Å². The molecule has 1 unspecified atom stereocenters. The first-order chi connectivity index (χ1) is 12.7. The third-order valence-corrected chi connectivity index (χ3v) is 6.03. The number of hydrogen-bond acceptors (Lipinski definition) is 2. The van der Waals surface area contributed by atoms with Crippen molar-refractivity contribution < 1.29 is 9.84 Å². The van der Waals surface area contributed by atoms with Crippen molar-refractivity contribution in [3.05, 3.63) is 0 Å². The van der Waals surface area contributed by atoms with Crippen LogP contribution in [0.1, 0.15) is 110 Å². The minimum absolute atomic E-state index is 0.269. The zero-order valence-corrected chi connectivity index (χ0v) is 19.1. The average Bonchev–Trinajstić information content (AvgIpc) is 2.60. The highest BCUT2D eigenvalue weighted by molar-refractivity contribution is 7.95. The molecule has 1 atom stereocenters. The van der Waals surface area contributed by atoms with Gasteiger partial charge >= 0.3 is 0 Å². The van der Waals surface area contributed by atoms with E-state index in [-0.39, 0.29) is 6.10 Å². The summed E-state index contributed by atoms with van der Waals surface area (Å²) in [6.45, 7) is 3.62. The molecule has 3 heteroatoms. The van der Waals surface area contributed by atoms with Crippen molar-refractivity contribution in [3.8, 4) is 0 Å². The van der Waals surface area contributed by atoms with Gasteiger partial charge in [0.2, 0.25) is 0 Å². The summed E-state index contributed by atoms with van der Waals surface area (Å²) in [6, 6.07) is 0. The van der Waals surface area contributed by atoms with Gasteiger partial charge in [-0.15, -0.1) is 0 Å². The van der Waals surface area contributed by atoms with Gasteiger partial charge in [0.1, 0.15) is 11.9 Å². The van der Waals surface area contributed by atoms with Crippen molar-refractivity contribution in [2.24, 2.45) is 0 Å². The molecular formula is C23H49O2S+. The van der Waals surface area contributed by atoms with Crippen LogP contribution in [-0.2, 0) is 15.6 Å². The van der Waals surface area contributed by atoms with E-state index >= 15 is 0 Å². The van der Waals surface area contributed by atoms with Crippen LogP contribution in [0, 0.1) is 0 Å². The lowest BCUT2D eigenvalue weighted by Gasteiger charge is -2.09. The number of aliphatic hydroxyl groups excluding tert-OH is 1. The summed E-state index contributed by atoms with van der Waals surface area (Å²) >= 11 is 0. The van der Waals surface area contributed by atoms with Gasteiger partial charge in [0.05, 0.1) is 19.1 Å². The fraction of sp³-hybridized carbons (Fsp3) is 1.00. The minimum atomic E-state index is -0.269. The second kappa shape index (κ2) is 21.6. The first-order valence-electron chi connectivity index (χ1n) is 11.5. The quantitative estimate of drug-likeness (QED) is 0.179. The Morgan fingerprint density at radius 1 is 0.654 bits per heavy atom. The summed E-state index contributed by atoms with van der Waals surface area (Å²) in [5.41, 5.74) is 0. The fourth-order valence-electron chi connectivity index (χ4n) is 3.40. The third kappa shape index (κ3) is 22.3. The Bertz CT molecular complexity index is 259. The van der Waals surface area contributed by atoms with Gasteiger partial charge in [0.25, 0.3) is 0 Å². The molecule has 0 aromatic carbocycles. The zero-order valence-electron chi connectivity index (χ0n) is 18.3. The summed E-state index contributed by atoms with van der Waals surface area (Å²) in [5.74, 6) is 0.874. The van der Waals surface area contributed by atoms with Gasteiger partial charge in [-0.2, -0.15) is 0 Å². The normalized spacial score (nSPS) is 12.8. The Hall–Kier alpha value is 0.270. The van der Waals surface area contributed by atoms with Gasteiger partial charge in [-0.3, -0.25) is 0 Å². The van der Waals surface area contributed by atoms with Crippen LogP contribution in [0.15, 0.2) is 0 Å². The molecule has 0 aromatic heterocycles. The van der Waals surface area contributed by atoms with Crippen LogP contribution in [0.2, 0.25) is 0 Å². The number of hydrogen-bond donors (Lipinski definition) is 1. The highest BCUT2D eigenvalue weighted by Gasteiger charge is 2.12. The molecule has 0 spiro atoms. The summed E-state index contributed by atoms with van der Waals surface area (Å²) in [5, 5.41) is 9.74. The number of ether oxygens (including phenoxy) is 1. The molecule has 0 amide bonds. The molecule has 0 bridgehead atoms. The van der Waals surface area contributed by atoms with Gasteiger partial charge in [-0.1, -0.05) is 103 Å². The monoisotopic (exact) mass is 389 g/mol. The minimum Gasteiger partial charge on any atom is -0.386 e. The molecular weight excluding hydrogens is 340 g/mol. The lowest BCUT2D eigenvalue weighted by atomic mass is 10.0. The lowest BCUT2D eigenvalue weighted by Crippen LogP contribution is -2.24. The molecule has 0 aliphatic rings. The van der Waals surface area contributed by atoms with Gasteiger partial charge in [0.15, 0.2) is 0 Å². The smallest absolute Gasteiger partial charge is 0.135 e. The zero-order chi connectivity index (χ0) is 19.3. The Morgan fingerprint density at radius 2 is 1.04 bits per heavy atom. The highest BCUT2D eigenvalue weighted by atomic mass is 32.2. The van der Waals surface area contributed by atoms with E-state index in [4.69, 9.17) is 4.74 Å². The summed E-state index contributed by atoms with van der Waals surface area (Å²) < 4.78 is 5.57. The summed E-state index contributed by atoms with van der Waals surface area (Å²) in [7, 11) is 0.305. The number of aliphatic hydroxyl groups is 1. The largest absolute Gasteiger partial charge is 0.386 e. The van der Waals surface area contributed by atoms with Gasteiger partial charge in [-0.25, -0.2) is 0 Å². The van der Waals surface area contributed by atoms with Crippen molar-refractivity contribution in [1.82, 2.24) is 0 Å². The van der Waals surface area contributed by atoms with Crippen molar-refractivity contribution in [2.75, 3.05) is 31.5 Å². The molecule has 0 aromatic rings. The van der Waals surface area contributed by atoms with E-state index in [1.54, 1.807) is 0 Å². The Morgan fingerprint density at radius 3 is 1.42 bits per heavy atom. The van der Waals surface area contributed by atoms with E-state index < -0.39 is 0 Å². The first kappa shape index (κ1) is 26.3. The standard InChI is InChI=1S/C23H49O2S/c1-4-5-6-7-8-9-10-11-12-13-14-15-16-17-18-19-20-25-21-23(24)22-26(2)3/h23-24H,4-22H2,1-3H3/q+1. The lowest BCUT2D eigenvalue weighted by molar-refractivity contribution is 0.0465. The van der Waals surface area contributed by atoms with Crippen LogP contribution in [-0.4, -0.2) is 42.7 Å². The van der Waals surface area contributed by atoms with E-state index in [9.17, 15) is 5.11 Å². The average molecular weight is 390 g/mol. The van der Waals surface area contributed by atoms with E-state index in [0.29, 0.717) is 17.5 Å². The molecule has 0 rings (SSSR count). The Labute approximate surface area is 168 Å². The number of unbranched alkanes of at least 4 members (excludes halogenated alkanes) is 15. The van der Waals surface area contributed by atoms with Gasteiger partial charge in [0, 0.05) is 6.61 Å². The predicted molar refractivity (Wildman–Crippen MR) is 120 cm³/mol. The maximum Gasteiger partial charge on any atom is 0.135 e. The van der Waals surface area contributed by atoms with Gasteiger partial charge in [-0.05, 0) is 17.3 Å². The van der Waals surface area contributed by atoms with E-state index in [0.717, 1.165) is 18.8 Å². The molecule has 26 heavy (non-hydrogen) atoms. The van der Waals surface area contributed by atoms with E-state index in [1.807, 2.05) is 0 Å². The third-order valence-electron chi connectivity index (χ3n) is 4.98. The number of rotatable bonds is 21. The van der Waals surface area contributed by atoms with E-state index in [1.165, 1.54) is 96.3 Å². The van der Waals surface area contributed by atoms with Crippen LogP contribution in [0.25, 0.3) is 0 Å². The van der Waals surface area contributed by atoms with Gasteiger partial charge < -0.3 is 9.84 Å². The molecule has 0 heterocycles. The van der Waals surface area contributed by atoms with Crippen LogP contribution >= 0.6 is 0 Å². The van der Waals surface area contributed by atoms with Crippen LogP contribution in [0.5, 0.6) is 0 Å². The summed E-state index contributed by atoms with van der Waals surface area (Å²) in [6.07, 6.45) is 26.4. The summed E-state index contributed by atoms with van der Waals surface area (Å²) in [4.78, 5) is 0. The molecule has 0 aliphatic heterocycles. The predicted octanol–water partition coefficient (Wildman–Crippen LogP) is 6.50. The molecule has 158 valence electrons. The molecule has 0 radical (unpaired) electrons. The Balaban J connectivity index is 3.05. The second-order valence-corrected chi connectivity index (χ2v) is 10.5. The van der Waals surface area contributed by atoms with Crippen LogP contribution in [0.4, 0.5) is 0 Å². The highest BCUT2D eigenvalue weighted by Crippen LogP contribution is 2.13. The topological polar surface area (TPSA) is 29.5 Å². The maximum absolute atomic E-state index is 9.74. The van der Waals surface area contributed by atoms with E-state index in [2.05, 4.69) is 19.4 Å². The van der Waals surface area contributed by atoms with Crippen LogP contribution < -0.4 is 0 Å². The molecule has 2 nitrogen and oxygen atoms in total. The van der Waals surface area contributed by atoms with Crippen molar-refractivity contribution in [3.63, 3.8) is 0 Å². The second-order valence-electron chi connectivity index (χ2n) is 8.18. The maximum atomic E-state index is 9.74. The fourth-order valence-corrected chi connectivity index (χ4v) is 4.27. The molecule has 1 N–H and O–H groups in total. The van der Waals surface area contributed by atoms with Crippen LogP contribution in [0.3, 0.4) is 0 Å². The SMILES string of the molecule is CCCCCCCCCCCCCCCCCCOCC(O)C[S+](C)C. The molecule has 0 aliphatic carbocycles. The van der Waals surface area contributed by atoms with Crippen molar-refractivity contribution >= 4 is 10.9 Å². The Kier molecular flexibility index (Phi) is 21.8. The molecule has 0 fully saturated rings. The van der Waals surface area contributed by atoms with Crippen molar-refractivity contribution in [2.45, 2.75) is 116 Å². The molecule has 0 saturated heterocycles. The first-order valence-corrected chi connectivity index (χ1v) is 13.7.